The molecule has 9 heteroatoms. The second kappa shape index (κ2) is 11.0. The van der Waals surface area contributed by atoms with E-state index in [0.29, 0.717) is 39.0 Å². The molecule has 4 aromatic rings. The van der Waals surface area contributed by atoms with Crippen LogP contribution < -0.4 is 5.32 Å². The van der Waals surface area contributed by atoms with Crippen LogP contribution in [0.3, 0.4) is 0 Å². The maximum absolute atomic E-state index is 12.6. The number of amides is 1. The lowest BCUT2D eigenvalue weighted by Crippen LogP contribution is -2.17. The van der Waals surface area contributed by atoms with Gasteiger partial charge >= 0.3 is 12.1 Å². The van der Waals surface area contributed by atoms with Crippen LogP contribution in [0.15, 0.2) is 71.3 Å². The molecule has 36 heavy (non-hydrogen) atoms. The highest BCUT2D eigenvalue weighted by atomic mass is 35.5. The van der Waals surface area contributed by atoms with E-state index in [1.54, 1.807) is 51.1 Å². The number of halogens is 1. The van der Waals surface area contributed by atoms with E-state index in [0.717, 1.165) is 5.56 Å². The van der Waals surface area contributed by atoms with Gasteiger partial charge in [0.15, 0.2) is 5.76 Å². The molecule has 0 bridgehead atoms. The summed E-state index contributed by atoms with van der Waals surface area (Å²) in [6.45, 7) is 5.48. The van der Waals surface area contributed by atoms with Crippen LogP contribution in [0, 0.1) is 6.92 Å². The highest BCUT2D eigenvalue weighted by Crippen LogP contribution is 2.33. The maximum Gasteiger partial charge on any atom is 0.412 e. The van der Waals surface area contributed by atoms with Crippen molar-refractivity contribution < 1.29 is 23.6 Å². The monoisotopic (exact) mass is 505 g/mol. The van der Waals surface area contributed by atoms with E-state index in [1.807, 2.05) is 36.4 Å². The normalized spacial score (nSPS) is 11.6. The average molecular weight is 506 g/mol. The van der Waals surface area contributed by atoms with Crippen molar-refractivity contribution in [3.05, 3.63) is 88.7 Å². The number of nitrogens with zero attached hydrogens (tertiary/aromatic N) is 2. The molecule has 1 atom stereocenters. The van der Waals surface area contributed by atoms with Crippen LogP contribution in [0.1, 0.15) is 41.7 Å². The first-order valence-electron chi connectivity index (χ1n) is 11.3. The molecule has 1 N–H and O–H groups in total. The smallest absolute Gasteiger partial charge is 0.412 e. The van der Waals surface area contributed by atoms with Gasteiger partial charge in [-0.25, -0.2) is 14.6 Å². The molecule has 0 saturated carbocycles. The predicted octanol–water partition coefficient (Wildman–Crippen LogP) is 6.85. The number of carbonyl (C=O) groups is 2. The Morgan fingerprint density at radius 2 is 1.75 bits per heavy atom. The summed E-state index contributed by atoms with van der Waals surface area (Å²) in [5, 5.41) is 7.24. The minimum Gasteiger partial charge on any atom is -0.461 e. The number of esters is 1. The molecule has 2 aromatic heterocycles. The largest absolute Gasteiger partial charge is 0.461 e. The standard InChI is InChI=1S/C27H24ClN3O5/c1-4-34-26(32)23-11-7-10-22(29-23)18-12-14-19(15-13-18)25-24(16(2)31-36-25)30-27(33)35-17(3)20-8-5-6-9-21(20)28/h5-15,17H,4H2,1-3H3,(H,30,33). The van der Waals surface area contributed by atoms with Crippen molar-refractivity contribution in [3.8, 4) is 22.6 Å². The van der Waals surface area contributed by atoms with Crippen molar-refractivity contribution in [2.45, 2.75) is 26.9 Å². The van der Waals surface area contributed by atoms with Crippen LogP contribution in [0.2, 0.25) is 5.02 Å². The summed E-state index contributed by atoms with van der Waals surface area (Å²) in [6.07, 6.45) is -1.22. The summed E-state index contributed by atoms with van der Waals surface area (Å²) in [7, 11) is 0. The molecule has 8 nitrogen and oxygen atoms in total. The van der Waals surface area contributed by atoms with Crippen molar-refractivity contribution in [3.63, 3.8) is 0 Å². The Balaban J connectivity index is 1.51. The van der Waals surface area contributed by atoms with Crippen molar-refractivity contribution in [1.82, 2.24) is 10.1 Å². The van der Waals surface area contributed by atoms with E-state index < -0.39 is 18.2 Å². The van der Waals surface area contributed by atoms with Crippen LogP contribution in [-0.4, -0.2) is 28.8 Å². The second-order valence-electron chi connectivity index (χ2n) is 7.87. The first-order chi connectivity index (χ1) is 17.4. The third kappa shape index (κ3) is 5.55. The molecule has 4 rings (SSSR count). The molecule has 0 spiro atoms. The number of carbonyl (C=O) groups excluding carboxylic acids is 2. The Kier molecular flexibility index (Phi) is 7.65. The van der Waals surface area contributed by atoms with Gasteiger partial charge < -0.3 is 14.0 Å². The molecule has 2 heterocycles. The quantitative estimate of drug-likeness (QED) is 0.274. The molecule has 184 valence electrons. The molecule has 0 saturated heterocycles. The number of aromatic nitrogens is 2. The summed E-state index contributed by atoms with van der Waals surface area (Å²) in [5.74, 6) is -0.0887. The fourth-order valence-electron chi connectivity index (χ4n) is 3.58. The number of benzene rings is 2. The zero-order chi connectivity index (χ0) is 25.7. The van der Waals surface area contributed by atoms with Gasteiger partial charge in [0.1, 0.15) is 23.2 Å². The van der Waals surface area contributed by atoms with Gasteiger partial charge in [-0.15, -0.1) is 0 Å². The fraction of sp³-hybridized carbons (Fsp3) is 0.185. The number of ether oxygens (including phenoxy) is 2. The van der Waals surface area contributed by atoms with Gasteiger partial charge in [0.25, 0.3) is 0 Å². The zero-order valence-corrected chi connectivity index (χ0v) is 20.7. The molecular formula is C27H24ClN3O5. The van der Waals surface area contributed by atoms with E-state index in [4.69, 9.17) is 25.6 Å². The predicted molar refractivity (Wildman–Crippen MR) is 136 cm³/mol. The number of nitrogens with one attached hydrogen (secondary N) is 1. The number of rotatable bonds is 7. The van der Waals surface area contributed by atoms with Crippen LogP contribution >= 0.6 is 11.6 Å². The van der Waals surface area contributed by atoms with Gasteiger partial charge in [-0.2, -0.15) is 0 Å². The third-order valence-electron chi connectivity index (χ3n) is 5.39. The average Bonchev–Trinajstić information content (AvgIpc) is 3.24. The second-order valence-corrected chi connectivity index (χ2v) is 8.28. The van der Waals surface area contributed by atoms with E-state index >= 15 is 0 Å². The van der Waals surface area contributed by atoms with Gasteiger partial charge in [0.05, 0.1) is 12.3 Å². The van der Waals surface area contributed by atoms with Gasteiger partial charge in [0, 0.05) is 21.7 Å². The minimum atomic E-state index is -0.661. The number of aryl methyl sites for hydroxylation is 1. The van der Waals surface area contributed by atoms with Gasteiger partial charge in [-0.1, -0.05) is 65.3 Å². The molecule has 0 aliphatic carbocycles. The Morgan fingerprint density at radius 1 is 1.03 bits per heavy atom. The van der Waals surface area contributed by atoms with E-state index in [1.165, 1.54) is 0 Å². The lowest BCUT2D eigenvalue weighted by Gasteiger charge is -2.15. The molecule has 1 amide bonds. The highest BCUT2D eigenvalue weighted by molar-refractivity contribution is 6.31. The van der Waals surface area contributed by atoms with Crippen LogP contribution in [0.4, 0.5) is 10.5 Å². The van der Waals surface area contributed by atoms with E-state index in [9.17, 15) is 9.59 Å². The first-order valence-corrected chi connectivity index (χ1v) is 11.7. The van der Waals surface area contributed by atoms with Crippen LogP contribution in [0.25, 0.3) is 22.6 Å². The van der Waals surface area contributed by atoms with Gasteiger partial charge in [-0.3, -0.25) is 5.32 Å². The molecule has 2 aromatic carbocycles. The zero-order valence-electron chi connectivity index (χ0n) is 19.9. The third-order valence-corrected chi connectivity index (χ3v) is 5.74. The Hall–Kier alpha value is -4.17. The van der Waals surface area contributed by atoms with Crippen molar-refractivity contribution >= 4 is 29.4 Å². The van der Waals surface area contributed by atoms with Crippen LogP contribution in [0.5, 0.6) is 0 Å². The summed E-state index contributed by atoms with van der Waals surface area (Å²) < 4.78 is 16.0. The summed E-state index contributed by atoms with van der Waals surface area (Å²) in [5.41, 5.74) is 3.95. The summed E-state index contributed by atoms with van der Waals surface area (Å²) >= 11 is 6.21. The van der Waals surface area contributed by atoms with E-state index in [2.05, 4.69) is 15.5 Å². The summed E-state index contributed by atoms with van der Waals surface area (Å²) in [4.78, 5) is 29.0. The fourth-order valence-corrected chi connectivity index (χ4v) is 3.87. The van der Waals surface area contributed by atoms with Gasteiger partial charge in [0.2, 0.25) is 0 Å². The van der Waals surface area contributed by atoms with Crippen LogP contribution in [-0.2, 0) is 9.47 Å². The molecule has 0 fully saturated rings. The molecular weight excluding hydrogens is 482 g/mol. The minimum absolute atomic E-state index is 0.236. The summed E-state index contributed by atoms with van der Waals surface area (Å²) in [6, 6.07) is 19.7. The number of hydrogen-bond donors (Lipinski definition) is 1. The van der Waals surface area contributed by atoms with E-state index in [-0.39, 0.29) is 12.3 Å². The maximum atomic E-state index is 12.6. The van der Waals surface area contributed by atoms with Crippen molar-refractivity contribution in [2.75, 3.05) is 11.9 Å². The van der Waals surface area contributed by atoms with Crippen molar-refractivity contribution in [1.29, 1.82) is 0 Å². The lowest BCUT2D eigenvalue weighted by atomic mass is 10.1. The lowest BCUT2D eigenvalue weighted by molar-refractivity contribution is 0.0519. The molecule has 0 aliphatic rings. The van der Waals surface area contributed by atoms with Crippen molar-refractivity contribution in [2.24, 2.45) is 0 Å². The molecule has 1 unspecified atom stereocenters. The first kappa shape index (κ1) is 24.9. The highest BCUT2D eigenvalue weighted by Gasteiger charge is 2.21. The molecule has 0 radical (unpaired) electrons. The topological polar surface area (TPSA) is 104 Å². The Morgan fingerprint density at radius 3 is 2.47 bits per heavy atom. The molecule has 0 aliphatic heterocycles. The Labute approximate surface area is 213 Å². The number of pyridine rings is 1. The Bertz CT molecular complexity index is 1380. The number of hydrogen-bond acceptors (Lipinski definition) is 7. The van der Waals surface area contributed by atoms with Gasteiger partial charge in [-0.05, 0) is 39.0 Å². The number of anilines is 1. The SMILES string of the molecule is CCOC(=O)c1cccc(-c2ccc(-c3onc(C)c3NC(=O)OC(C)c3ccccc3Cl)cc2)n1.